The van der Waals surface area contributed by atoms with E-state index in [2.05, 4.69) is 58.9 Å². The fourth-order valence-corrected chi connectivity index (χ4v) is 2.79. The molecule has 0 amide bonds. The van der Waals surface area contributed by atoms with Gasteiger partial charge in [0.1, 0.15) is 4.47 Å². The number of rotatable bonds is 7. The van der Waals surface area contributed by atoms with Crippen LogP contribution in [-0.2, 0) is 0 Å². The third-order valence-corrected chi connectivity index (χ3v) is 4.21. The molecule has 0 spiro atoms. The molecule has 120 valence electrons. The van der Waals surface area contributed by atoms with Crippen molar-refractivity contribution in [2.75, 3.05) is 18.4 Å². The summed E-state index contributed by atoms with van der Waals surface area (Å²) in [6, 6.07) is 1.06. The summed E-state index contributed by atoms with van der Waals surface area (Å²) in [6.07, 6.45) is 1.71. The van der Waals surface area contributed by atoms with Crippen LogP contribution in [0.3, 0.4) is 0 Å². The molecule has 0 unspecified atom stereocenters. The Balaban J connectivity index is 2.73. The van der Waals surface area contributed by atoms with Crippen molar-refractivity contribution < 1.29 is 0 Å². The fraction of sp³-hybridized carbons (Fsp3) is 0.733. The van der Waals surface area contributed by atoms with Gasteiger partial charge in [-0.3, -0.25) is 9.69 Å². The van der Waals surface area contributed by atoms with Crippen LogP contribution in [0.15, 0.2) is 15.5 Å². The Kier molecular flexibility index (Phi) is 6.87. The Morgan fingerprint density at radius 3 is 2.29 bits per heavy atom. The van der Waals surface area contributed by atoms with Gasteiger partial charge in [0.25, 0.3) is 5.56 Å². The minimum absolute atomic E-state index is 0.0558. The van der Waals surface area contributed by atoms with Gasteiger partial charge >= 0.3 is 0 Å². The summed E-state index contributed by atoms with van der Waals surface area (Å²) in [5.74, 6) is 0. The van der Waals surface area contributed by atoms with E-state index in [0.717, 1.165) is 18.8 Å². The first-order valence-corrected chi connectivity index (χ1v) is 8.32. The molecule has 1 aromatic heterocycles. The second-order valence-electron chi connectivity index (χ2n) is 6.07. The molecule has 1 rings (SSSR count). The van der Waals surface area contributed by atoms with E-state index in [0.29, 0.717) is 16.6 Å². The van der Waals surface area contributed by atoms with Crippen LogP contribution in [0.25, 0.3) is 0 Å². The summed E-state index contributed by atoms with van der Waals surface area (Å²) in [5.41, 5.74) is 0.656. The lowest BCUT2D eigenvalue weighted by Crippen LogP contribution is -2.40. The van der Waals surface area contributed by atoms with Crippen molar-refractivity contribution in [1.29, 1.82) is 0 Å². The Labute approximate surface area is 135 Å². The third-order valence-electron chi connectivity index (χ3n) is 3.44. The van der Waals surface area contributed by atoms with Gasteiger partial charge in [0.05, 0.1) is 17.9 Å². The van der Waals surface area contributed by atoms with Crippen molar-refractivity contribution >= 4 is 21.6 Å². The van der Waals surface area contributed by atoms with E-state index in [1.165, 1.54) is 4.68 Å². The predicted octanol–water partition coefficient (Wildman–Crippen LogP) is 3.12. The van der Waals surface area contributed by atoms with E-state index >= 15 is 0 Å². The van der Waals surface area contributed by atoms with Crippen LogP contribution in [0, 0.1) is 0 Å². The van der Waals surface area contributed by atoms with Crippen molar-refractivity contribution in [3.63, 3.8) is 0 Å². The largest absolute Gasteiger partial charge is 0.381 e. The molecule has 0 aliphatic rings. The number of hydrogen-bond donors (Lipinski definition) is 1. The first-order chi connectivity index (χ1) is 9.75. The number of halogens is 1. The van der Waals surface area contributed by atoms with Gasteiger partial charge in [-0.15, -0.1) is 0 Å². The standard InChI is InChI=1S/C15H27BrN4O/c1-10(2)19(11(3)4)8-7-17-13-9-18-20(12(5)6)15(21)14(13)16/h9-12,17H,7-8H2,1-6H3. The summed E-state index contributed by atoms with van der Waals surface area (Å²) >= 11 is 3.37. The molecule has 1 N–H and O–H groups in total. The SMILES string of the molecule is CC(C)N(CCNc1cnn(C(C)C)c(=O)c1Br)C(C)C. The summed E-state index contributed by atoms with van der Waals surface area (Å²) in [5, 5.41) is 7.50. The average Bonchev–Trinajstić information content (AvgIpc) is 2.37. The van der Waals surface area contributed by atoms with Crippen LogP contribution in [0.4, 0.5) is 5.69 Å². The van der Waals surface area contributed by atoms with Gasteiger partial charge in [-0.2, -0.15) is 5.10 Å². The highest BCUT2D eigenvalue weighted by atomic mass is 79.9. The van der Waals surface area contributed by atoms with Crippen molar-refractivity contribution in [2.45, 2.75) is 59.7 Å². The summed E-state index contributed by atoms with van der Waals surface area (Å²) in [4.78, 5) is 14.6. The van der Waals surface area contributed by atoms with Crippen molar-refractivity contribution in [3.05, 3.63) is 21.0 Å². The number of nitrogens with zero attached hydrogens (tertiary/aromatic N) is 3. The third kappa shape index (κ3) is 4.81. The molecule has 0 aliphatic carbocycles. The number of hydrogen-bond acceptors (Lipinski definition) is 4. The Morgan fingerprint density at radius 1 is 1.24 bits per heavy atom. The molecule has 0 atom stereocenters. The minimum atomic E-state index is -0.0976. The molecule has 21 heavy (non-hydrogen) atoms. The van der Waals surface area contributed by atoms with Crippen LogP contribution in [0.2, 0.25) is 0 Å². The predicted molar refractivity (Wildman–Crippen MR) is 92.0 cm³/mol. The lowest BCUT2D eigenvalue weighted by molar-refractivity contribution is 0.182. The van der Waals surface area contributed by atoms with Crippen LogP contribution in [-0.4, -0.2) is 39.9 Å². The molecule has 0 aromatic carbocycles. The second kappa shape index (κ2) is 7.94. The van der Waals surface area contributed by atoms with E-state index in [9.17, 15) is 4.79 Å². The van der Waals surface area contributed by atoms with Crippen molar-refractivity contribution in [3.8, 4) is 0 Å². The molecule has 0 bridgehead atoms. The monoisotopic (exact) mass is 358 g/mol. The van der Waals surface area contributed by atoms with Crippen LogP contribution >= 0.6 is 15.9 Å². The maximum atomic E-state index is 12.1. The van der Waals surface area contributed by atoms with E-state index in [1.807, 2.05) is 13.8 Å². The Hall–Kier alpha value is -0.880. The van der Waals surface area contributed by atoms with Crippen LogP contribution < -0.4 is 10.9 Å². The average molecular weight is 359 g/mol. The van der Waals surface area contributed by atoms with E-state index in [-0.39, 0.29) is 11.6 Å². The lowest BCUT2D eigenvalue weighted by atomic mass is 10.2. The van der Waals surface area contributed by atoms with Gasteiger partial charge in [0.15, 0.2) is 0 Å². The topological polar surface area (TPSA) is 50.2 Å². The molecule has 0 aliphatic heterocycles. The summed E-state index contributed by atoms with van der Waals surface area (Å²) in [6.45, 7) is 14.4. The van der Waals surface area contributed by atoms with Crippen molar-refractivity contribution in [2.24, 2.45) is 0 Å². The van der Waals surface area contributed by atoms with E-state index < -0.39 is 0 Å². The number of nitrogens with one attached hydrogen (secondary N) is 1. The highest BCUT2D eigenvalue weighted by Gasteiger charge is 2.14. The molecule has 6 heteroatoms. The van der Waals surface area contributed by atoms with Crippen LogP contribution in [0.5, 0.6) is 0 Å². The number of aromatic nitrogens is 2. The first kappa shape index (κ1) is 18.2. The molecule has 1 aromatic rings. The maximum absolute atomic E-state index is 12.1. The first-order valence-electron chi connectivity index (χ1n) is 7.52. The number of anilines is 1. The van der Waals surface area contributed by atoms with E-state index in [4.69, 9.17) is 0 Å². The van der Waals surface area contributed by atoms with Crippen molar-refractivity contribution in [1.82, 2.24) is 14.7 Å². The second-order valence-corrected chi connectivity index (χ2v) is 6.86. The quantitative estimate of drug-likeness (QED) is 0.813. The maximum Gasteiger partial charge on any atom is 0.283 e. The highest BCUT2D eigenvalue weighted by molar-refractivity contribution is 9.10. The lowest BCUT2D eigenvalue weighted by Gasteiger charge is -2.30. The van der Waals surface area contributed by atoms with Crippen LogP contribution in [0.1, 0.15) is 47.6 Å². The van der Waals surface area contributed by atoms with Gasteiger partial charge in [-0.25, -0.2) is 4.68 Å². The van der Waals surface area contributed by atoms with Gasteiger partial charge < -0.3 is 5.32 Å². The zero-order valence-corrected chi connectivity index (χ0v) is 15.4. The summed E-state index contributed by atoms with van der Waals surface area (Å²) < 4.78 is 2.02. The fourth-order valence-electron chi connectivity index (χ4n) is 2.37. The van der Waals surface area contributed by atoms with Gasteiger partial charge in [-0.05, 0) is 57.5 Å². The minimum Gasteiger partial charge on any atom is -0.381 e. The molecular formula is C15H27BrN4O. The zero-order chi connectivity index (χ0) is 16.2. The smallest absolute Gasteiger partial charge is 0.283 e. The molecular weight excluding hydrogens is 332 g/mol. The normalized spacial score (nSPS) is 12.0. The summed E-state index contributed by atoms with van der Waals surface area (Å²) in [7, 11) is 0. The van der Waals surface area contributed by atoms with E-state index in [1.54, 1.807) is 6.20 Å². The zero-order valence-electron chi connectivity index (χ0n) is 13.9. The highest BCUT2D eigenvalue weighted by Crippen LogP contribution is 2.17. The molecule has 5 nitrogen and oxygen atoms in total. The van der Waals surface area contributed by atoms with Gasteiger partial charge in [0.2, 0.25) is 0 Å². The molecule has 0 saturated heterocycles. The van der Waals surface area contributed by atoms with Gasteiger partial charge in [0, 0.05) is 25.2 Å². The Bertz CT molecular complexity index is 503. The molecule has 0 fully saturated rings. The Morgan fingerprint density at radius 2 is 1.81 bits per heavy atom. The molecule has 0 radical (unpaired) electrons. The molecule has 1 heterocycles. The van der Waals surface area contributed by atoms with Gasteiger partial charge in [-0.1, -0.05) is 0 Å². The molecule has 0 saturated carbocycles.